The lowest BCUT2D eigenvalue weighted by atomic mass is 10.6. The monoisotopic (exact) mass is 177 g/mol. The van der Waals surface area contributed by atoms with Crippen LogP contribution in [0.4, 0.5) is 0 Å². The third-order valence-corrected chi connectivity index (χ3v) is 1.06. The van der Waals surface area contributed by atoms with E-state index in [0.29, 0.717) is 6.61 Å². The van der Waals surface area contributed by atoms with E-state index in [-0.39, 0.29) is 12.4 Å². The molecule has 0 N–H and O–H groups in total. The van der Waals surface area contributed by atoms with E-state index in [0.717, 1.165) is 0 Å². The van der Waals surface area contributed by atoms with Gasteiger partial charge in [-0.05, 0) is 0 Å². The standard InChI is InChI=1S/C6H10O4S/c1-3-4-9-5-6(2)10-11(7)8/h3H,1-2,4-5H2,(H,7,8)/p-1. The smallest absolute Gasteiger partial charge is 0.139 e. The lowest BCUT2D eigenvalue weighted by Crippen LogP contribution is -2.02. The number of hydrogen-bond donors (Lipinski definition) is 0. The van der Waals surface area contributed by atoms with Gasteiger partial charge in [-0.1, -0.05) is 12.7 Å². The van der Waals surface area contributed by atoms with Crippen LogP contribution in [0.5, 0.6) is 0 Å². The molecule has 0 aromatic carbocycles. The Morgan fingerprint density at radius 3 is 2.82 bits per heavy atom. The fourth-order valence-electron chi connectivity index (χ4n) is 0.376. The highest BCUT2D eigenvalue weighted by Crippen LogP contribution is 1.95. The molecular formula is C6H9O4S-. The Morgan fingerprint density at radius 1 is 1.73 bits per heavy atom. The SMILES string of the molecule is C=CCOCC(=C)OS(=O)[O-]. The van der Waals surface area contributed by atoms with Crippen LogP contribution in [-0.4, -0.2) is 22.0 Å². The van der Waals surface area contributed by atoms with Gasteiger partial charge in [0.25, 0.3) is 0 Å². The molecule has 0 aliphatic heterocycles. The molecule has 0 spiro atoms. The summed E-state index contributed by atoms with van der Waals surface area (Å²) < 4.78 is 28.8. The Balaban J connectivity index is 3.37. The minimum atomic E-state index is -2.56. The molecule has 64 valence electrons. The lowest BCUT2D eigenvalue weighted by molar-refractivity contribution is 0.158. The van der Waals surface area contributed by atoms with Gasteiger partial charge in [0.2, 0.25) is 0 Å². The molecule has 0 heterocycles. The average Bonchev–Trinajstić information content (AvgIpc) is 1.86. The first-order valence-electron chi connectivity index (χ1n) is 2.81. The Morgan fingerprint density at radius 2 is 2.36 bits per heavy atom. The summed E-state index contributed by atoms with van der Waals surface area (Å²) in [5.74, 6) is 0.0557. The second-order valence-electron chi connectivity index (χ2n) is 1.63. The fraction of sp³-hybridized carbons (Fsp3) is 0.333. The maximum Gasteiger partial charge on any atom is 0.139 e. The largest absolute Gasteiger partial charge is 0.740 e. The highest BCUT2D eigenvalue weighted by molar-refractivity contribution is 7.74. The first kappa shape index (κ1) is 10.3. The van der Waals surface area contributed by atoms with E-state index < -0.39 is 11.4 Å². The van der Waals surface area contributed by atoms with Gasteiger partial charge in [0, 0.05) is 0 Å². The summed E-state index contributed by atoms with van der Waals surface area (Å²) in [5, 5.41) is 0. The van der Waals surface area contributed by atoms with Crippen molar-refractivity contribution in [2.24, 2.45) is 0 Å². The van der Waals surface area contributed by atoms with Crippen molar-refractivity contribution in [1.82, 2.24) is 0 Å². The molecule has 0 saturated heterocycles. The van der Waals surface area contributed by atoms with Crippen molar-refractivity contribution in [3.8, 4) is 0 Å². The number of hydrogen-bond acceptors (Lipinski definition) is 4. The summed E-state index contributed by atoms with van der Waals surface area (Å²) in [4.78, 5) is 0. The molecule has 0 aromatic heterocycles. The van der Waals surface area contributed by atoms with E-state index in [1.165, 1.54) is 0 Å². The zero-order valence-electron chi connectivity index (χ0n) is 5.95. The van der Waals surface area contributed by atoms with Crippen molar-refractivity contribution in [2.45, 2.75) is 0 Å². The fourth-order valence-corrected chi connectivity index (χ4v) is 0.617. The third-order valence-electron chi connectivity index (χ3n) is 0.685. The molecule has 0 radical (unpaired) electrons. The topological polar surface area (TPSA) is 58.6 Å². The van der Waals surface area contributed by atoms with Gasteiger partial charge in [-0.2, -0.15) is 0 Å². The van der Waals surface area contributed by atoms with Gasteiger partial charge in [0.05, 0.1) is 6.61 Å². The van der Waals surface area contributed by atoms with Crippen LogP contribution in [0.15, 0.2) is 25.0 Å². The van der Waals surface area contributed by atoms with Gasteiger partial charge in [0.1, 0.15) is 23.7 Å². The predicted octanol–water partition coefficient (Wildman–Crippen LogP) is 0.513. The molecule has 1 unspecified atom stereocenters. The Hall–Kier alpha value is -0.650. The van der Waals surface area contributed by atoms with Gasteiger partial charge in [-0.15, -0.1) is 6.58 Å². The van der Waals surface area contributed by atoms with Crippen molar-refractivity contribution in [3.63, 3.8) is 0 Å². The summed E-state index contributed by atoms with van der Waals surface area (Å²) >= 11 is -2.56. The van der Waals surface area contributed by atoms with E-state index in [4.69, 9.17) is 4.74 Å². The summed E-state index contributed by atoms with van der Waals surface area (Å²) in [5.41, 5.74) is 0. The second-order valence-corrected chi connectivity index (χ2v) is 2.20. The van der Waals surface area contributed by atoms with Gasteiger partial charge in [-0.25, -0.2) is 4.21 Å². The molecule has 5 heteroatoms. The number of rotatable bonds is 6. The molecule has 0 aliphatic rings. The summed E-state index contributed by atoms with van der Waals surface area (Å²) in [6, 6.07) is 0. The van der Waals surface area contributed by atoms with Gasteiger partial charge in [-0.3, -0.25) is 0 Å². The van der Waals surface area contributed by atoms with Crippen molar-refractivity contribution < 1.29 is 17.7 Å². The van der Waals surface area contributed by atoms with Crippen LogP contribution in [0.1, 0.15) is 0 Å². The van der Waals surface area contributed by atoms with Crippen LogP contribution in [0.3, 0.4) is 0 Å². The maximum absolute atomic E-state index is 9.88. The van der Waals surface area contributed by atoms with Crippen molar-refractivity contribution in [1.29, 1.82) is 0 Å². The molecule has 0 bridgehead atoms. The van der Waals surface area contributed by atoms with Crippen LogP contribution in [0.2, 0.25) is 0 Å². The summed E-state index contributed by atoms with van der Waals surface area (Å²) in [6.45, 7) is 7.09. The average molecular weight is 177 g/mol. The second kappa shape index (κ2) is 6.09. The predicted molar refractivity (Wildman–Crippen MR) is 40.2 cm³/mol. The molecule has 4 nitrogen and oxygen atoms in total. The van der Waals surface area contributed by atoms with Crippen LogP contribution < -0.4 is 0 Å². The Labute approximate surface area is 68.0 Å². The molecule has 0 aliphatic carbocycles. The lowest BCUT2D eigenvalue weighted by Gasteiger charge is -2.08. The minimum Gasteiger partial charge on any atom is -0.740 e. The van der Waals surface area contributed by atoms with Crippen LogP contribution >= 0.6 is 0 Å². The van der Waals surface area contributed by atoms with Crippen LogP contribution in [0, 0.1) is 0 Å². The third kappa shape index (κ3) is 7.24. The van der Waals surface area contributed by atoms with E-state index in [1.54, 1.807) is 6.08 Å². The first-order valence-corrected chi connectivity index (χ1v) is 3.81. The van der Waals surface area contributed by atoms with Gasteiger partial charge < -0.3 is 13.5 Å². The minimum absolute atomic E-state index is 0.0556. The molecular weight excluding hydrogens is 168 g/mol. The molecule has 0 rings (SSSR count). The molecule has 1 atom stereocenters. The van der Waals surface area contributed by atoms with Crippen molar-refractivity contribution in [2.75, 3.05) is 13.2 Å². The van der Waals surface area contributed by atoms with E-state index in [9.17, 15) is 8.76 Å². The van der Waals surface area contributed by atoms with Crippen LogP contribution in [0.25, 0.3) is 0 Å². The van der Waals surface area contributed by atoms with Crippen molar-refractivity contribution in [3.05, 3.63) is 25.0 Å². The Kier molecular flexibility index (Phi) is 5.73. The molecule has 0 fully saturated rings. The Bertz CT molecular complexity index is 166. The molecule has 0 amide bonds. The van der Waals surface area contributed by atoms with E-state index in [2.05, 4.69) is 17.3 Å². The number of ether oxygens (including phenoxy) is 1. The summed E-state index contributed by atoms with van der Waals surface area (Å²) in [7, 11) is 0. The van der Waals surface area contributed by atoms with Crippen molar-refractivity contribution >= 4 is 11.4 Å². The van der Waals surface area contributed by atoms with Gasteiger partial charge >= 0.3 is 0 Å². The summed E-state index contributed by atoms with van der Waals surface area (Å²) in [6.07, 6.45) is 1.54. The quantitative estimate of drug-likeness (QED) is 0.257. The van der Waals surface area contributed by atoms with E-state index in [1.807, 2.05) is 0 Å². The van der Waals surface area contributed by atoms with Crippen LogP contribution in [-0.2, 0) is 20.3 Å². The zero-order valence-corrected chi connectivity index (χ0v) is 6.76. The maximum atomic E-state index is 9.88. The molecule has 11 heavy (non-hydrogen) atoms. The molecule has 0 aromatic rings. The zero-order chi connectivity index (χ0) is 8.69. The molecule has 0 saturated carbocycles. The first-order chi connectivity index (χ1) is 5.16. The normalized spacial score (nSPS) is 12.1. The highest BCUT2D eigenvalue weighted by atomic mass is 32.2. The van der Waals surface area contributed by atoms with E-state index >= 15 is 0 Å². The highest BCUT2D eigenvalue weighted by Gasteiger charge is 1.93. The van der Waals surface area contributed by atoms with Gasteiger partial charge in [0.15, 0.2) is 0 Å².